The van der Waals surface area contributed by atoms with Crippen molar-refractivity contribution in [2.24, 2.45) is 0 Å². The van der Waals surface area contributed by atoms with Gasteiger partial charge >= 0.3 is 12.2 Å². The Morgan fingerprint density at radius 2 is 1.86 bits per heavy atom. The van der Waals surface area contributed by atoms with Crippen LogP contribution in [0.15, 0.2) is 54.7 Å². The van der Waals surface area contributed by atoms with Gasteiger partial charge in [-0.15, -0.1) is 0 Å². The molecule has 0 spiro atoms. The number of benzene rings is 2. The number of nitrogens with zero attached hydrogens (tertiary/aromatic N) is 2. The van der Waals surface area contributed by atoms with Gasteiger partial charge in [0.2, 0.25) is 0 Å². The molecule has 0 saturated heterocycles. The van der Waals surface area contributed by atoms with Crippen LogP contribution in [0.4, 0.5) is 33.9 Å². The molecule has 1 aromatic heterocycles. The van der Waals surface area contributed by atoms with Crippen LogP contribution in [0.25, 0.3) is 0 Å². The maximum atomic E-state index is 13.8. The Labute approximate surface area is 161 Å². The van der Waals surface area contributed by atoms with Crippen molar-refractivity contribution in [3.05, 3.63) is 76.7 Å². The Kier molecular flexibility index (Phi) is 5.55. The molecule has 0 saturated carbocycles. The van der Waals surface area contributed by atoms with Gasteiger partial charge in [0, 0.05) is 28.5 Å². The number of rotatable bonds is 4. The van der Waals surface area contributed by atoms with E-state index in [0.29, 0.717) is 0 Å². The summed E-state index contributed by atoms with van der Waals surface area (Å²) < 4.78 is 53.3. The molecular formula is C18H13ClF4N4O. The molecule has 146 valence electrons. The molecule has 28 heavy (non-hydrogen) atoms. The fraction of sp³-hybridized carbons (Fsp3) is 0.111. The summed E-state index contributed by atoms with van der Waals surface area (Å²) in [5.74, 6) is -0.350. The molecule has 0 aliphatic carbocycles. The van der Waals surface area contributed by atoms with E-state index in [-0.39, 0.29) is 28.6 Å². The van der Waals surface area contributed by atoms with Crippen molar-refractivity contribution in [1.29, 1.82) is 0 Å². The fourth-order valence-corrected chi connectivity index (χ4v) is 2.64. The van der Waals surface area contributed by atoms with Gasteiger partial charge in [0.05, 0.1) is 12.1 Å². The number of halogens is 5. The van der Waals surface area contributed by atoms with E-state index in [1.165, 1.54) is 41.2 Å². The van der Waals surface area contributed by atoms with Crippen LogP contribution in [-0.4, -0.2) is 15.8 Å². The number of carbonyl (C=O) groups is 1. The van der Waals surface area contributed by atoms with Crippen molar-refractivity contribution in [2.45, 2.75) is 12.7 Å². The first-order chi connectivity index (χ1) is 13.2. The second kappa shape index (κ2) is 7.89. The van der Waals surface area contributed by atoms with Gasteiger partial charge in [-0.25, -0.2) is 9.18 Å². The average molecular weight is 413 g/mol. The molecule has 2 N–H and O–H groups in total. The predicted molar refractivity (Wildman–Crippen MR) is 96.8 cm³/mol. The summed E-state index contributed by atoms with van der Waals surface area (Å²) in [4.78, 5) is 12.0. The van der Waals surface area contributed by atoms with Gasteiger partial charge in [-0.05, 0) is 30.3 Å². The number of hydrogen-bond donors (Lipinski definition) is 2. The number of carbonyl (C=O) groups excluding carboxylic acids is 1. The summed E-state index contributed by atoms with van der Waals surface area (Å²) in [6, 6.07) is 9.22. The van der Waals surface area contributed by atoms with Gasteiger partial charge in [0.25, 0.3) is 0 Å². The summed E-state index contributed by atoms with van der Waals surface area (Å²) in [6.07, 6.45) is -3.01. The van der Waals surface area contributed by atoms with Crippen LogP contribution in [0.2, 0.25) is 5.02 Å². The molecule has 0 aliphatic rings. The molecule has 0 fully saturated rings. The SMILES string of the molecule is O=C(Nc1cccc(C(F)(F)F)c1)Nc1ccn(Cc2c(F)cccc2Cl)n1. The normalized spacial score (nSPS) is 11.3. The molecule has 1 heterocycles. The highest BCUT2D eigenvalue weighted by atomic mass is 35.5. The van der Waals surface area contributed by atoms with Gasteiger partial charge < -0.3 is 5.32 Å². The zero-order valence-corrected chi connectivity index (χ0v) is 14.9. The van der Waals surface area contributed by atoms with Crippen molar-refractivity contribution in [1.82, 2.24) is 9.78 Å². The lowest BCUT2D eigenvalue weighted by molar-refractivity contribution is -0.137. The first-order valence-electron chi connectivity index (χ1n) is 7.94. The average Bonchev–Trinajstić information content (AvgIpc) is 3.04. The molecule has 0 radical (unpaired) electrons. The molecule has 10 heteroatoms. The topological polar surface area (TPSA) is 59.0 Å². The van der Waals surface area contributed by atoms with E-state index in [2.05, 4.69) is 15.7 Å². The van der Waals surface area contributed by atoms with E-state index >= 15 is 0 Å². The number of nitrogens with one attached hydrogen (secondary N) is 2. The third-order valence-electron chi connectivity index (χ3n) is 3.71. The second-order valence-corrected chi connectivity index (χ2v) is 6.16. The van der Waals surface area contributed by atoms with Crippen molar-refractivity contribution >= 4 is 29.1 Å². The van der Waals surface area contributed by atoms with E-state index in [1.807, 2.05) is 0 Å². The minimum atomic E-state index is -4.51. The molecule has 0 bridgehead atoms. The summed E-state index contributed by atoms with van der Waals surface area (Å²) in [6.45, 7) is 0.0441. The zero-order valence-electron chi connectivity index (χ0n) is 14.1. The van der Waals surface area contributed by atoms with Crippen molar-refractivity contribution in [3.63, 3.8) is 0 Å². The predicted octanol–water partition coefficient (Wildman–Crippen LogP) is 5.39. The van der Waals surface area contributed by atoms with Crippen LogP contribution >= 0.6 is 11.6 Å². The number of aromatic nitrogens is 2. The lowest BCUT2D eigenvalue weighted by Crippen LogP contribution is -2.20. The Bertz CT molecular complexity index is 983. The van der Waals surface area contributed by atoms with Crippen molar-refractivity contribution in [3.8, 4) is 0 Å². The monoisotopic (exact) mass is 412 g/mol. The fourth-order valence-electron chi connectivity index (χ4n) is 2.41. The summed E-state index contributed by atoms with van der Waals surface area (Å²) in [5.41, 5.74) is -0.659. The Morgan fingerprint density at radius 1 is 1.11 bits per heavy atom. The van der Waals surface area contributed by atoms with Crippen LogP contribution in [0, 0.1) is 5.82 Å². The van der Waals surface area contributed by atoms with Crippen LogP contribution in [0.5, 0.6) is 0 Å². The number of anilines is 2. The largest absolute Gasteiger partial charge is 0.416 e. The first-order valence-corrected chi connectivity index (χ1v) is 8.32. The van der Waals surface area contributed by atoms with Gasteiger partial charge in [-0.3, -0.25) is 10.00 Å². The van der Waals surface area contributed by atoms with E-state index in [9.17, 15) is 22.4 Å². The van der Waals surface area contributed by atoms with E-state index < -0.39 is 23.6 Å². The van der Waals surface area contributed by atoms with Crippen LogP contribution in [0.3, 0.4) is 0 Å². The van der Waals surface area contributed by atoms with Gasteiger partial charge in [0.15, 0.2) is 5.82 Å². The Balaban J connectivity index is 1.64. The van der Waals surface area contributed by atoms with E-state index in [0.717, 1.165) is 12.1 Å². The van der Waals surface area contributed by atoms with E-state index in [4.69, 9.17) is 11.6 Å². The third kappa shape index (κ3) is 4.80. The quantitative estimate of drug-likeness (QED) is 0.565. The van der Waals surface area contributed by atoms with Crippen LogP contribution in [-0.2, 0) is 12.7 Å². The highest BCUT2D eigenvalue weighted by molar-refractivity contribution is 6.31. The van der Waals surface area contributed by atoms with Crippen molar-refractivity contribution in [2.75, 3.05) is 10.6 Å². The second-order valence-electron chi connectivity index (χ2n) is 5.76. The molecular weight excluding hydrogens is 400 g/mol. The molecule has 0 unspecified atom stereocenters. The molecule has 2 aromatic carbocycles. The van der Waals surface area contributed by atoms with Crippen LogP contribution < -0.4 is 10.6 Å². The lowest BCUT2D eigenvalue weighted by atomic mass is 10.2. The Morgan fingerprint density at radius 3 is 2.57 bits per heavy atom. The number of hydrogen-bond acceptors (Lipinski definition) is 2. The number of amides is 2. The first kappa shape index (κ1) is 19.7. The molecule has 0 atom stereocenters. The molecule has 0 aliphatic heterocycles. The third-order valence-corrected chi connectivity index (χ3v) is 4.07. The van der Waals surface area contributed by atoms with E-state index in [1.54, 1.807) is 6.07 Å². The maximum absolute atomic E-state index is 13.8. The molecule has 3 rings (SSSR count). The smallest absolute Gasteiger partial charge is 0.308 e. The number of alkyl halides is 3. The lowest BCUT2D eigenvalue weighted by Gasteiger charge is -2.10. The van der Waals surface area contributed by atoms with Gasteiger partial charge in [-0.1, -0.05) is 23.7 Å². The zero-order chi connectivity index (χ0) is 20.3. The highest BCUT2D eigenvalue weighted by Gasteiger charge is 2.30. The molecule has 5 nitrogen and oxygen atoms in total. The van der Waals surface area contributed by atoms with Gasteiger partial charge in [-0.2, -0.15) is 18.3 Å². The van der Waals surface area contributed by atoms with Crippen molar-refractivity contribution < 1.29 is 22.4 Å². The minimum absolute atomic E-state index is 0.0232. The standard InChI is InChI=1S/C18H13ClF4N4O/c19-14-5-2-6-15(20)13(14)10-27-8-7-16(26-27)25-17(28)24-12-4-1-3-11(9-12)18(21,22)23/h1-9H,10H2,(H2,24,25,26,28). The maximum Gasteiger partial charge on any atom is 0.416 e. The summed E-state index contributed by atoms with van der Waals surface area (Å²) >= 11 is 5.96. The summed E-state index contributed by atoms with van der Waals surface area (Å²) in [7, 11) is 0. The molecule has 3 aromatic rings. The minimum Gasteiger partial charge on any atom is -0.308 e. The molecule has 2 amide bonds. The highest BCUT2D eigenvalue weighted by Crippen LogP contribution is 2.30. The van der Waals surface area contributed by atoms with Crippen LogP contribution in [0.1, 0.15) is 11.1 Å². The number of urea groups is 1. The van der Waals surface area contributed by atoms with Gasteiger partial charge in [0.1, 0.15) is 5.82 Å². The Hall–Kier alpha value is -3.07. The summed E-state index contributed by atoms with van der Waals surface area (Å²) in [5, 5.41) is 9.00.